The van der Waals surface area contributed by atoms with Crippen molar-refractivity contribution in [1.82, 2.24) is 5.32 Å². The van der Waals surface area contributed by atoms with E-state index in [0.717, 1.165) is 12.8 Å². The largest absolute Gasteiger partial charge is 0.444 e. The first kappa shape index (κ1) is 13.3. The van der Waals surface area contributed by atoms with E-state index in [9.17, 15) is 4.79 Å². The number of ether oxygens (including phenoxy) is 2. The van der Waals surface area contributed by atoms with Gasteiger partial charge in [-0.1, -0.05) is 0 Å². The molecule has 5 nitrogen and oxygen atoms in total. The molecule has 0 spiro atoms. The van der Waals surface area contributed by atoms with Gasteiger partial charge in [0.1, 0.15) is 5.60 Å². The molecule has 1 aliphatic rings. The molecule has 3 N–H and O–H groups in total. The molecule has 0 aromatic carbocycles. The molecule has 0 aromatic rings. The summed E-state index contributed by atoms with van der Waals surface area (Å²) in [6.45, 7) is 6.58. The highest BCUT2D eigenvalue weighted by Crippen LogP contribution is 2.13. The van der Waals surface area contributed by atoms with Crippen LogP contribution in [0.3, 0.4) is 0 Å². The van der Waals surface area contributed by atoms with Gasteiger partial charge in [-0.15, -0.1) is 0 Å². The number of carbonyl (C=O) groups excluding carboxylic acids is 1. The quantitative estimate of drug-likeness (QED) is 0.742. The minimum absolute atomic E-state index is 0.0395. The zero-order valence-corrected chi connectivity index (χ0v) is 10.3. The Hall–Kier alpha value is -0.810. The molecule has 5 heteroatoms. The number of hydrogen-bond acceptors (Lipinski definition) is 4. The zero-order chi connectivity index (χ0) is 12.2. The number of nitrogens with one attached hydrogen (secondary N) is 1. The molecule has 0 aliphatic carbocycles. The van der Waals surface area contributed by atoms with E-state index in [1.807, 2.05) is 20.8 Å². The van der Waals surface area contributed by atoms with Gasteiger partial charge in [0, 0.05) is 6.54 Å². The van der Waals surface area contributed by atoms with Crippen LogP contribution in [0.1, 0.15) is 33.6 Å². The second kappa shape index (κ2) is 5.50. The lowest BCUT2D eigenvalue weighted by molar-refractivity contribution is -0.00322. The van der Waals surface area contributed by atoms with Crippen molar-refractivity contribution in [2.45, 2.75) is 51.4 Å². The number of alkyl carbamates (subject to hydrolysis) is 1. The van der Waals surface area contributed by atoms with E-state index in [2.05, 4.69) is 5.32 Å². The lowest BCUT2D eigenvalue weighted by Gasteiger charge is -2.29. The molecule has 1 fully saturated rings. The molecular formula is C11H22N2O3. The first-order valence-electron chi connectivity index (χ1n) is 5.72. The summed E-state index contributed by atoms with van der Waals surface area (Å²) in [5.41, 5.74) is 5.04. The maximum atomic E-state index is 11.5. The van der Waals surface area contributed by atoms with Gasteiger partial charge in [-0.05, 0) is 33.6 Å². The van der Waals surface area contributed by atoms with Crippen LogP contribution in [0.25, 0.3) is 0 Å². The predicted molar refractivity (Wildman–Crippen MR) is 61.2 cm³/mol. The van der Waals surface area contributed by atoms with Gasteiger partial charge >= 0.3 is 6.09 Å². The molecule has 1 rings (SSSR count). The molecule has 0 radical (unpaired) electrons. The summed E-state index contributed by atoms with van der Waals surface area (Å²) in [4.78, 5) is 11.5. The first-order chi connectivity index (χ1) is 7.40. The third-order valence-electron chi connectivity index (χ3n) is 2.35. The smallest absolute Gasteiger partial charge is 0.407 e. The summed E-state index contributed by atoms with van der Waals surface area (Å²) in [6, 6.07) is 0.0395. The molecule has 1 saturated heterocycles. The fourth-order valence-electron chi connectivity index (χ4n) is 1.58. The summed E-state index contributed by atoms with van der Waals surface area (Å²) in [5.74, 6) is 0. The second-order valence-electron chi connectivity index (χ2n) is 5.11. The van der Waals surface area contributed by atoms with Crippen LogP contribution in [0, 0.1) is 0 Å². The lowest BCUT2D eigenvalue weighted by Crippen LogP contribution is -2.46. The summed E-state index contributed by atoms with van der Waals surface area (Å²) in [5, 5.41) is 2.79. The van der Waals surface area contributed by atoms with Crippen LogP contribution in [-0.4, -0.2) is 37.0 Å². The van der Waals surface area contributed by atoms with Crippen LogP contribution in [-0.2, 0) is 9.47 Å². The fraction of sp³-hybridized carbons (Fsp3) is 0.909. The van der Waals surface area contributed by atoms with Crippen LogP contribution in [0.15, 0.2) is 0 Å². The van der Waals surface area contributed by atoms with Crippen molar-refractivity contribution in [2.24, 2.45) is 5.73 Å². The van der Waals surface area contributed by atoms with Crippen LogP contribution >= 0.6 is 0 Å². The van der Waals surface area contributed by atoms with Gasteiger partial charge in [0.2, 0.25) is 0 Å². The van der Waals surface area contributed by atoms with E-state index < -0.39 is 5.60 Å². The maximum absolute atomic E-state index is 11.5. The van der Waals surface area contributed by atoms with Crippen LogP contribution in [0.4, 0.5) is 4.79 Å². The van der Waals surface area contributed by atoms with E-state index in [-0.39, 0.29) is 18.2 Å². The minimum Gasteiger partial charge on any atom is -0.444 e. The maximum Gasteiger partial charge on any atom is 0.407 e. The predicted octanol–water partition coefficient (Wildman–Crippen LogP) is 1.02. The average molecular weight is 230 g/mol. The molecular weight excluding hydrogens is 208 g/mol. The Morgan fingerprint density at radius 2 is 2.19 bits per heavy atom. The molecule has 0 aromatic heterocycles. The van der Waals surface area contributed by atoms with Crippen molar-refractivity contribution < 1.29 is 14.3 Å². The van der Waals surface area contributed by atoms with Gasteiger partial charge in [-0.3, -0.25) is 0 Å². The van der Waals surface area contributed by atoms with Gasteiger partial charge in [-0.2, -0.15) is 0 Å². The Bertz CT molecular complexity index is 230. The molecule has 0 unspecified atom stereocenters. The molecule has 0 saturated carbocycles. The second-order valence-corrected chi connectivity index (χ2v) is 5.11. The Labute approximate surface area is 96.7 Å². The van der Waals surface area contributed by atoms with Crippen molar-refractivity contribution in [2.75, 3.05) is 13.2 Å². The van der Waals surface area contributed by atoms with Crippen molar-refractivity contribution in [3.05, 3.63) is 0 Å². The summed E-state index contributed by atoms with van der Waals surface area (Å²) in [7, 11) is 0. The first-order valence-corrected chi connectivity index (χ1v) is 5.72. The standard InChI is InChI=1S/C11H22N2O3/c1-11(2,3)16-10(14)13-8-4-5-9(6-12)15-7-8/h8-9H,4-7,12H2,1-3H3,(H,13,14)/t8-,9-/m0/s1. The van der Waals surface area contributed by atoms with E-state index >= 15 is 0 Å². The summed E-state index contributed by atoms with van der Waals surface area (Å²) >= 11 is 0. The van der Waals surface area contributed by atoms with E-state index in [0.29, 0.717) is 13.2 Å². The fourth-order valence-corrected chi connectivity index (χ4v) is 1.58. The highest BCUT2D eigenvalue weighted by molar-refractivity contribution is 5.68. The Balaban J connectivity index is 2.26. The van der Waals surface area contributed by atoms with Crippen LogP contribution in [0.5, 0.6) is 0 Å². The molecule has 1 aliphatic heterocycles. The van der Waals surface area contributed by atoms with Gasteiger partial charge in [-0.25, -0.2) is 4.79 Å². The van der Waals surface area contributed by atoms with Crippen LogP contribution in [0.2, 0.25) is 0 Å². The number of amides is 1. The number of hydrogen-bond donors (Lipinski definition) is 2. The van der Waals surface area contributed by atoms with Gasteiger partial charge in [0.05, 0.1) is 18.8 Å². The van der Waals surface area contributed by atoms with Crippen molar-refractivity contribution in [3.8, 4) is 0 Å². The number of nitrogens with two attached hydrogens (primary N) is 1. The van der Waals surface area contributed by atoms with Crippen molar-refractivity contribution in [1.29, 1.82) is 0 Å². The molecule has 16 heavy (non-hydrogen) atoms. The topological polar surface area (TPSA) is 73.6 Å². The van der Waals surface area contributed by atoms with Crippen LogP contribution < -0.4 is 11.1 Å². The third-order valence-corrected chi connectivity index (χ3v) is 2.35. The zero-order valence-electron chi connectivity index (χ0n) is 10.3. The van der Waals surface area contributed by atoms with Crippen molar-refractivity contribution >= 4 is 6.09 Å². The molecule has 0 bridgehead atoms. The number of carbonyl (C=O) groups is 1. The van der Waals surface area contributed by atoms with Gasteiger partial charge in [0.25, 0.3) is 0 Å². The Morgan fingerprint density at radius 1 is 1.50 bits per heavy atom. The minimum atomic E-state index is -0.459. The van der Waals surface area contributed by atoms with Gasteiger partial charge < -0.3 is 20.5 Å². The Morgan fingerprint density at radius 3 is 2.62 bits per heavy atom. The van der Waals surface area contributed by atoms with Gasteiger partial charge in [0.15, 0.2) is 0 Å². The lowest BCUT2D eigenvalue weighted by atomic mass is 10.1. The third kappa shape index (κ3) is 4.81. The van der Waals surface area contributed by atoms with E-state index in [1.165, 1.54) is 0 Å². The van der Waals surface area contributed by atoms with E-state index in [1.54, 1.807) is 0 Å². The average Bonchev–Trinajstić information content (AvgIpc) is 2.16. The molecule has 1 amide bonds. The number of rotatable bonds is 2. The molecule has 1 heterocycles. The van der Waals surface area contributed by atoms with E-state index in [4.69, 9.17) is 15.2 Å². The normalized spacial score (nSPS) is 26.2. The Kier molecular flexibility index (Phi) is 4.56. The summed E-state index contributed by atoms with van der Waals surface area (Å²) in [6.07, 6.45) is 1.53. The highest BCUT2D eigenvalue weighted by Gasteiger charge is 2.24. The highest BCUT2D eigenvalue weighted by atomic mass is 16.6. The SMILES string of the molecule is CC(C)(C)OC(=O)N[C@H]1CC[C@@H](CN)OC1. The van der Waals surface area contributed by atoms with Crippen molar-refractivity contribution in [3.63, 3.8) is 0 Å². The molecule has 94 valence electrons. The molecule has 2 atom stereocenters. The monoisotopic (exact) mass is 230 g/mol. The summed E-state index contributed by atoms with van der Waals surface area (Å²) < 4.78 is 10.6.